The molecule has 0 aliphatic carbocycles. The van der Waals surface area contributed by atoms with Crippen molar-refractivity contribution < 1.29 is 14.3 Å². The van der Waals surface area contributed by atoms with Gasteiger partial charge >= 0.3 is 5.97 Å². The molecule has 2 aromatic rings. The monoisotopic (exact) mass is 496 g/mol. The number of ether oxygens (including phenoxy) is 1. The Morgan fingerprint density at radius 3 is 2.80 bits per heavy atom. The van der Waals surface area contributed by atoms with Gasteiger partial charge in [0.1, 0.15) is 5.54 Å². The molecule has 0 radical (unpaired) electrons. The summed E-state index contributed by atoms with van der Waals surface area (Å²) in [5, 5.41) is 11.1. The van der Waals surface area contributed by atoms with Gasteiger partial charge in [-0.1, -0.05) is 17.7 Å². The second kappa shape index (κ2) is 9.08. The van der Waals surface area contributed by atoms with Crippen LogP contribution in [0.3, 0.4) is 0 Å². The van der Waals surface area contributed by atoms with Crippen molar-refractivity contribution in [1.82, 2.24) is 15.1 Å². The zero-order valence-corrected chi connectivity index (χ0v) is 19.8. The van der Waals surface area contributed by atoms with E-state index in [1.807, 2.05) is 18.5 Å². The Labute approximate surface area is 189 Å². The number of fused-ring (bicyclic) bond motifs is 1. The lowest BCUT2D eigenvalue weighted by molar-refractivity contribution is -0.154. The molecule has 0 saturated heterocycles. The van der Waals surface area contributed by atoms with Gasteiger partial charge in [-0.2, -0.15) is 5.10 Å². The Balaban J connectivity index is 1.78. The predicted molar refractivity (Wildman–Crippen MR) is 120 cm³/mol. The van der Waals surface area contributed by atoms with E-state index in [0.717, 1.165) is 25.1 Å². The third kappa shape index (κ3) is 5.04. The first-order valence-electron chi connectivity index (χ1n) is 9.90. The lowest BCUT2D eigenvalue weighted by Crippen LogP contribution is -2.50. The molecule has 0 spiro atoms. The summed E-state index contributed by atoms with van der Waals surface area (Å²) in [6.07, 6.45) is 1.54. The zero-order chi connectivity index (χ0) is 22.1. The van der Waals surface area contributed by atoms with Crippen LogP contribution in [0.4, 0.5) is 5.69 Å². The topological polar surface area (TPSA) is 85.2 Å². The highest BCUT2D eigenvalue weighted by molar-refractivity contribution is 9.10. The second-order valence-electron chi connectivity index (χ2n) is 8.15. The van der Waals surface area contributed by atoms with E-state index in [9.17, 15) is 9.59 Å². The van der Waals surface area contributed by atoms with Crippen LogP contribution in [0.2, 0.25) is 5.02 Å². The Bertz CT molecular complexity index is 958. The van der Waals surface area contributed by atoms with E-state index in [2.05, 4.69) is 31.7 Å². The van der Waals surface area contributed by atoms with E-state index in [0.29, 0.717) is 20.9 Å². The number of carbonyl (C=O) groups is 2. The number of hydrogen-bond donors (Lipinski definition) is 2. The van der Waals surface area contributed by atoms with Crippen molar-refractivity contribution in [3.63, 3.8) is 0 Å². The van der Waals surface area contributed by atoms with Crippen molar-refractivity contribution in [3.8, 4) is 0 Å². The highest BCUT2D eigenvalue weighted by Gasteiger charge is 2.35. The smallest absolute Gasteiger partial charge is 0.326 e. The van der Waals surface area contributed by atoms with Gasteiger partial charge in [0.15, 0.2) is 5.69 Å². The minimum atomic E-state index is -0.867. The van der Waals surface area contributed by atoms with E-state index in [4.69, 9.17) is 16.3 Å². The molecule has 0 saturated carbocycles. The summed E-state index contributed by atoms with van der Waals surface area (Å²) >= 11 is 9.60. The van der Waals surface area contributed by atoms with Crippen molar-refractivity contribution in [2.45, 2.75) is 64.8 Å². The Morgan fingerprint density at radius 2 is 2.10 bits per heavy atom. The summed E-state index contributed by atoms with van der Waals surface area (Å²) in [5.41, 5.74) is 0.817. The third-order valence-electron chi connectivity index (χ3n) is 4.85. The van der Waals surface area contributed by atoms with Crippen molar-refractivity contribution in [2.24, 2.45) is 0 Å². The highest BCUT2D eigenvalue weighted by Crippen LogP contribution is 2.31. The number of carbonyl (C=O) groups excluding carboxylic acids is 2. The molecule has 1 aromatic carbocycles. The van der Waals surface area contributed by atoms with Crippen LogP contribution in [0, 0.1) is 0 Å². The molecule has 0 bridgehead atoms. The molecule has 7 nitrogen and oxygen atoms in total. The van der Waals surface area contributed by atoms with Crippen LogP contribution in [-0.4, -0.2) is 33.3 Å². The van der Waals surface area contributed by atoms with Crippen LogP contribution in [0.25, 0.3) is 0 Å². The standard InChI is InChI=1S/C21H26BrClN4O3/c1-12(2)30-20(29)21(3,4)25-14-9-6-10-27-17(14)11-16(26-27)19(28)24-15-8-5-7-13(22)18(15)23/h5,7-8,11-12,14,25H,6,9-10H2,1-4H3,(H,24,28)/t14-/m1/s1. The Kier molecular flexibility index (Phi) is 6.89. The van der Waals surface area contributed by atoms with Gasteiger partial charge in [0.25, 0.3) is 5.91 Å². The number of nitrogens with zero attached hydrogens (tertiary/aromatic N) is 2. The Morgan fingerprint density at radius 1 is 1.37 bits per heavy atom. The largest absolute Gasteiger partial charge is 0.462 e. The molecule has 3 rings (SSSR count). The molecule has 9 heteroatoms. The number of nitrogens with one attached hydrogen (secondary N) is 2. The molecule has 1 amide bonds. The molecule has 0 fully saturated rings. The van der Waals surface area contributed by atoms with Crippen molar-refractivity contribution in [1.29, 1.82) is 0 Å². The number of halogens is 2. The fraction of sp³-hybridized carbons (Fsp3) is 0.476. The summed E-state index contributed by atoms with van der Waals surface area (Å²) in [6, 6.07) is 6.98. The Hall–Kier alpha value is -1.90. The molecular weight excluding hydrogens is 472 g/mol. The van der Waals surface area contributed by atoms with Crippen LogP contribution >= 0.6 is 27.5 Å². The molecular formula is C21H26BrClN4O3. The van der Waals surface area contributed by atoms with E-state index in [-0.39, 0.29) is 24.0 Å². The SMILES string of the molecule is CC(C)OC(=O)C(C)(C)N[C@@H]1CCCn2nc(C(=O)Nc3cccc(Br)c3Cl)cc21. The predicted octanol–water partition coefficient (Wildman–Crippen LogP) is 4.71. The van der Waals surface area contributed by atoms with Crippen molar-refractivity contribution in [2.75, 3.05) is 5.32 Å². The van der Waals surface area contributed by atoms with Crippen LogP contribution in [-0.2, 0) is 16.1 Å². The van der Waals surface area contributed by atoms with E-state index >= 15 is 0 Å². The minimum Gasteiger partial charge on any atom is -0.462 e. The first-order chi connectivity index (χ1) is 14.1. The minimum absolute atomic E-state index is 0.114. The van der Waals surface area contributed by atoms with Crippen LogP contribution in [0.1, 0.15) is 62.8 Å². The molecule has 1 atom stereocenters. The first-order valence-corrected chi connectivity index (χ1v) is 11.1. The highest BCUT2D eigenvalue weighted by atomic mass is 79.9. The van der Waals surface area contributed by atoms with E-state index in [1.165, 1.54) is 0 Å². The fourth-order valence-electron chi connectivity index (χ4n) is 3.38. The maximum Gasteiger partial charge on any atom is 0.326 e. The van der Waals surface area contributed by atoms with Gasteiger partial charge in [-0.3, -0.25) is 19.6 Å². The number of hydrogen-bond acceptors (Lipinski definition) is 5. The van der Waals surface area contributed by atoms with E-state index < -0.39 is 5.54 Å². The number of aromatic nitrogens is 2. The molecule has 2 heterocycles. The van der Waals surface area contributed by atoms with Gasteiger partial charge in [-0.15, -0.1) is 0 Å². The molecule has 2 N–H and O–H groups in total. The number of amides is 1. The molecule has 30 heavy (non-hydrogen) atoms. The first kappa shape index (κ1) is 22.8. The lowest BCUT2D eigenvalue weighted by atomic mass is 9.98. The normalized spacial score (nSPS) is 16.3. The summed E-state index contributed by atoms with van der Waals surface area (Å²) in [5.74, 6) is -0.648. The zero-order valence-electron chi connectivity index (χ0n) is 17.5. The fourth-order valence-corrected chi connectivity index (χ4v) is 3.92. The number of esters is 1. The number of aryl methyl sites for hydroxylation is 1. The average Bonchev–Trinajstić information content (AvgIpc) is 3.10. The maximum atomic E-state index is 12.8. The van der Waals surface area contributed by atoms with Gasteiger partial charge in [0.2, 0.25) is 0 Å². The van der Waals surface area contributed by atoms with E-state index in [1.54, 1.807) is 38.1 Å². The summed E-state index contributed by atoms with van der Waals surface area (Å²) in [4.78, 5) is 25.2. The summed E-state index contributed by atoms with van der Waals surface area (Å²) in [7, 11) is 0. The van der Waals surface area contributed by atoms with Gasteiger partial charge < -0.3 is 10.1 Å². The van der Waals surface area contributed by atoms with Crippen LogP contribution < -0.4 is 10.6 Å². The summed E-state index contributed by atoms with van der Waals surface area (Å²) < 4.78 is 7.89. The van der Waals surface area contributed by atoms with Gasteiger partial charge in [0.05, 0.1) is 28.5 Å². The number of rotatable bonds is 6. The van der Waals surface area contributed by atoms with Gasteiger partial charge in [-0.05, 0) is 74.7 Å². The molecule has 162 valence electrons. The molecule has 1 aromatic heterocycles. The lowest BCUT2D eigenvalue weighted by Gasteiger charge is -2.33. The number of anilines is 1. The van der Waals surface area contributed by atoms with Crippen molar-refractivity contribution >= 4 is 45.1 Å². The van der Waals surface area contributed by atoms with Gasteiger partial charge in [-0.25, -0.2) is 0 Å². The second-order valence-corrected chi connectivity index (χ2v) is 9.38. The molecule has 1 aliphatic heterocycles. The number of benzene rings is 1. The van der Waals surface area contributed by atoms with Crippen molar-refractivity contribution in [3.05, 3.63) is 45.1 Å². The summed E-state index contributed by atoms with van der Waals surface area (Å²) in [6.45, 7) is 7.97. The van der Waals surface area contributed by atoms with Gasteiger partial charge in [0, 0.05) is 11.0 Å². The van der Waals surface area contributed by atoms with Crippen LogP contribution in [0.5, 0.6) is 0 Å². The maximum absolute atomic E-state index is 12.8. The van der Waals surface area contributed by atoms with Crippen LogP contribution in [0.15, 0.2) is 28.7 Å². The quantitative estimate of drug-likeness (QED) is 0.565. The molecule has 0 unspecified atom stereocenters. The average molecular weight is 498 g/mol. The molecule has 1 aliphatic rings. The third-order valence-corrected chi connectivity index (χ3v) is 6.15.